The molecule has 0 amide bonds. The highest BCUT2D eigenvalue weighted by atomic mass is 16.5. The Bertz CT molecular complexity index is 760. The largest absolute Gasteiger partial charge is 0.464 e. The van der Waals surface area contributed by atoms with Gasteiger partial charge in [0.15, 0.2) is 0 Å². The lowest BCUT2D eigenvalue weighted by Crippen LogP contribution is -2.27. The van der Waals surface area contributed by atoms with E-state index in [0.717, 1.165) is 31.3 Å². The molecular formula is C16H18N4O4. The molecule has 126 valence electrons. The number of aromatic nitrogens is 2. The molecule has 2 rings (SSSR count). The van der Waals surface area contributed by atoms with Gasteiger partial charge in [-0.15, -0.1) is 0 Å². The maximum atomic E-state index is 11.5. The fourth-order valence-corrected chi connectivity index (χ4v) is 2.06. The lowest BCUT2D eigenvalue weighted by Gasteiger charge is -2.07. The van der Waals surface area contributed by atoms with Gasteiger partial charge in [-0.1, -0.05) is 0 Å². The number of benzene rings is 1. The van der Waals surface area contributed by atoms with Crippen LogP contribution in [0.15, 0.2) is 35.4 Å². The molecule has 0 fully saturated rings. The van der Waals surface area contributed by atoms with Crippen LogP contribution in [0.2, 0.25) is 0 Å². The van der Waals surface area contributed by atoms with Crippen LogP contribution in [0.3, 0.4) is 0 Å². The van der Waals surface area contributed by atoms with Crippen LogP contribution in [-0.4, -0.2) is 41.7 Å². The topological polar surface area (TPSA) is 94.8 Å². The first kappa shape index (κ1) is 17.2. The molecule has 1 aromatic carbocycles. The summed E-state index contributed by atoms with van der Waals surface area (Å²) >= 11 is 0. The summed E-state index contributed by atoms with van der Waals surface area (Å²) in [5.74, 6) is -1.76. The number of anilines is 1. The van der Waals surface area contributed by atoms with Gasteiger partial charge >= 0.3 is 11.9 Å². The normalized spacial score (nSPS) is 10.0. The Morgan fingerprint density at radius 3 is 2.12 bits per heavy atom. The fraction of sp³-hybridized carbons (Fsp3) is 0.250. The van der Waals surface area contributed by atoms with Crippen LogP contribution in [0.4, 0.5) is 5.69 Å². The van der Waals surface area contributed by atoms with Gasteiger partial charge in [0.2, 0.25) is 0 Å². The summed E-state index contributed by atoms with van der Waals surface area (Å²) in [6, 6.07) is 9.17. The van der Waals surface area contributed by atoms with Crippen molar-refractivity contribution in [1.29, 1.82) is 0 Å². The van der Waals surface area contributed by atoms with Gasteiger partial charge in [0.05, 0.1) is 31.3 Å². The summed E-state index contributed by atoms with van der Waals surface area (Å²) in [5, 5.41) is 8.15. The second kappa shape index (κ2) is 7.40. The molecule has 0 atom stereocenters. The van der Waals surface area contributed by atoms with E-state index in [1.807, 2.05) is 36.7 Å². The molecule has 1 N–H and O–H groups in total. The Labute approximate surface area is 139 Å². The zero-order valence-corrected chi connectivity index (χ0v) is 13.9. The summed E-state index contributed by atoms with van der Waals surface area (Å²) in [5.41, 5.74) is 5.58. The van der Waals surface area contributed by atoms with E-state index in [4.69, 9.17) is 0 Å². The third-order valence-corrected chi connectivity index (χ3v) is 3.18. The molecule has 0 spiro atoms. The van der Waals surface area contributed by atoms with E-state index in [0.29, 0.717) is 5.69 Å². The molecule has 8 heteroatoms. The number of hydrogen-bond donors (Lipinski definition) is 1. The van der Waals surface area contributed by atoms with Gasteiger partial charge in [0.25, 0.3) is 5.71 Å². The van der Waals surface area contributed by atoms with Crippen LogP contribution < -0.4 is 5.43 Å². The average Bonchev–Trinajstić information content (AvgIpc) is 2.93. The number of nitrogens with zero attached hydrogens (tertiary/aromatic N) is 3. The van der Waals surface area contributed by atoms with E-state index >= 15 is 0 Å². The van der Waals surface area contributed by atoms with Crippen molar-refractivity contribution >= 4 is 23.3 Å². The summed E-state index contributed by atoms with van der Waals surface area (Å²) < 4.78 is 10.8. The molecule has 0 saturated carbocycles. The van der Waals surface area contributed by atoms with Crippen LogP contribution in [0.5, 0.6) is 0 Å². The maximum Gasteiger partial charge on any atom is 0.366 e. The predicted octanol–water partition coefficient (Wildman–Crippen LogP) is 1.60. The molecule has 1 aromatic heterocycles. The number of hydrazone groups is 1. The number of nitrogens with one attached hydrogen (secondary N) is 1. The first-order valence-corrected chi connectivity index (χ1v) is 7.10. The van der Waals surface area contributed by atoms with Crippen molar-refractivity contribution in [2.45, 2.75) is 13.8 Å². The average molecular weight is 330 g/mol. The second-order valence-corrected chi connectivity index (χ2v) is 4.94. The number of carbonyl (C=O) groups is 2. The molecule has 0 radical (unpaired) electrons. The highest BCUT2D eigenvalue weighted by Gasteiger charge is 2.22. The van der Waals surface area contributed by atoms with Crippen LogP contribution in [0, 0.1) is 13.8 Å². The van der Waals surface area contributed by atoms with E-state index < -0.39 is 17.7 Å². The fourth-order valence-electron chi connectivity index (χ4n) is 2.06. The van der Waals surface area contributed by atoms with Crippen molar-refractivity contribution in [2.75, 3.05) is 19.6 Å². The van der Waals surface area contributed by atoms with Gasteiger partial charge in [-0.25, -0.2) is 14.3 Å². The van der Waals surface area contributed by atoms with E-state index in [2.05, 4.69) is 25.1 Å². The zero-order valence-electron chi connectivity index (χ0n) is 13.9. The first-order valence-electron chi connectivity index (χ1n) is 7.10. The Morgan fingerprint density at radius 2 is 1.67 bits per heavy atom. The lowest BCUT2D eigenvalue weighted by molar-refractivity contribution is -0.138. The molecule has 0 bridgehead atoms. The van der Waals surface area contributed by atoms with Crippen molar-refractivity contribution in [1.82, 2.24) is 9.78 Å². The van der Waals surface area contributed by atoms with Crippen molar-refractivity contribution in [3.8, 4) is 5.69 Å². The number of ether oxygens (including phenoxy) is 2. The minimum atomic E-state index is -0.881. The molecule has 0 aliphatic carbocycles. The van der Waals surface area contributed by atoms with Gasteiger partial charge in [0.1, 0.15) is 0 Å². The molecule has 2 aromatic rings. The molecule has 0 unspecified atom stereocenters. The predicted molar refractivity (Wildman–Crippen MR) is 88.1 cm³/mol. The van der Waals surface area contributed by atoms with Crippen molar-refractivity contribution in [2.24, 2.45) is 5.10 Å². The summed E-state index contributed by atoms with van der Waals surface area (Å²) in [6.45, 7) is 3.89. The lowest BCUT2D eigenvalue weighted by atomic mass is 10.3. The van der Waals surface area contributed by atoms with Crippen LogP contribution in [0.25, 0.3) is 5.69 Å². The van der Waals surface area contributed by atoms with Gasteiger partial charge in [0, 0.05) is 5.69 Å². The Balaban J connectivity index is 2.19. The summed E-state index contributed by atoms with van der Waals surface area (Å²) in [7, 11) is 2.31. The van der Waals surface area contributed by atoms with Crippen LogP contribution >= 0.6 is 0 Å². The Morgan fingerprint density at radius 1 is 1.08 bits per heavy atom. The first-order chi connectivity index (χ1) is 11.5. The number of hydrogen-bond acceptors (Lipinski definition) is 7. The van der Waals surface area contributed by atoms with Crippen molar-refractivity contribution < 1.29 is 19.1 Å². The summed E-state index contributed by atoms with van der Waals surface area (Å²) in [6.07, 6.45) is 0. The highest BCUT2D eigenvalue weighted by Crippen LogP contribution is 2.15. The smallest absolute Gasteiger partial charge is 0.366 e. The second-order valence-electron chi connectivity index (χ2n) is 4.94. The van der Waals surface area contributed by atoms with E-state index in [1.54, 1.807) is 12.1 Å². The minimum Gasteiger partial charge on any atom is -0.464 e. The molecule has 8 nitrogen and oxygen atoms in total. The van der Waals surface area contributed by atoms with E-state index in [-0.39, 0.29) is 0 Å². The van der Waals surface area contributed by atoms with Crippen LogP contribution in [-0.2, 0) is 19.1 Å². The highest BCUT2D eigenvalue weighted by molar-refractivity contribution is 6.62. The standard InChI is InChI=1S/C16H18N4O4/c1-10-9-11(2)20(19-10)13-7-5-12(6-8-13)17-18-14(15(21)23-3)16(22)24-4/h5-9,17H,1-4H3. The van der Waals surface area contributed by atoms with Crippen molar-refractivity contribution in [3.63, 3.8) is 0 Å². The molecule has 24 heavy (non-hydrogen) atoms. The van der Waals surface area contributed by atoms with Gasteiger partial charge in [-0.2, -0.15) is 10.2 Å². The Kier molecular flexibility index (Phi) is 5.31. The summed E-state index contributed by atoms with van der Waals surface area (Å²) in [4.78, 5) is 23.0. The SMILES string of the molecule is COC(=O)C(=NNc1ccc(-n2nc(C)cc2C)cc1)C(=O)OC. The van der Waals surface area contributed by atoms with Crippen LogP contribution in [0.1, 0.15) is 11.4 Å². The quantitative estimate of drug-likeness (QED) is 0.387. The monoisotopic (exact) mass is 330 g/mol. The molecule has 0 aliphatic rings. The third kappa shape index (κ3) is 3.78. The van der Waals surface area contributed by atoms with E-state index in [1.165, 1.54) is 0 Å². The third-order valence-electron chi connectivity index (χ3n) is 3.18. The number of esters is 2. The molecule has 0 aliphatic heterocycles. The van der Waals surface area contributed by atoms with Gasteiger partial charge < -0.3 is 9.47 Å². The molecule has 1 heterocycles. The number of aryl methyl sites for hydroxylation is 2. The number of methoxy groups -OCH3 is 2. The Hall–Kier alpha value is -3.16. The maximum absolute atomic E-state index is 11.5. The molecule has 0 saturated heterocycles. The number of carbonyl (C=O) groups excluding carboxylic acids is 2. The zero-order chi connectivity index (χ0) is 17.7. The molecular weight excluding hydrogens is 312 g/mol. The van der Waals surface area contributed by atoms with E-state index in [9.17, 15) is 9.59 Å². The van der Waals surface area contributed by atoms with Gasteiger partial charge in [-0.3, -0.25) is 5.43 Å². The van der Waals surface area contributed by atoms with Gasteiger partial charge in [-0.05, 0) is 44.2 Å². The minimum absolute atomic E-state index is 0.470. The number of rotatable bonds is 5. The van der Waals surface area contributed by atoms with Crippen molar-refractivity contribution in [3.05, 3.63) is 41.7 Å².